The number of hydrogen-bond acceptors (Lipinski definition) is 4. The van der Waals surface area contributed by atoms with E-state index in [2.05, 4.69) is 20.6 Å². The Morgan fingerprint density at radius 1 is 0.893 bits per heavy atom. The molecule has 3 rings (SSSR count). The van der Waals surface area contributed by atoms with E-state index in [-0.39, 0.29) is 23.0 Å². The fourth-order valence-corrected chi connectivity index (χ4v) is 2.52. The number of halogens is 3. The lowest BCUT2D eigenvalue weighted by atomic mass is 10.1. The van der Waals surface area contributed by atoms with Crippen molar-refractivity contribution >= 4 is 23.1 Å². The summed E-state index contributed by atoms with van der Waals surface area (Å²) in [6, 6.07) is 8.61. The van der Waals surface area contributed by atoms with Crippen LogP contribution in [-0.4, -0.2) is 15.9 Å². The number of aromatic nitrogens is 2. The van der Waals surface area contributed by atoms with E-state index in [0.717, 1.165) is 23.3 Å². The van der Waals surface area contributed by atoms with Crippen molar-refractivity contribution in [1.29, 1.82) is 0 Å². The average Bonchev–Trinajstić information content (AvgIpc) is 2.65. The van der Waals surface area contributed by atoms with Gasteiger partial charge < -0.3 is 10.6 Å². The van der Waals surface area contributed by atoms with Gasteiger partial charge >= 0.3 is 0 Å². The second kappa shape index (κ2) is 7.67. The zero-order chi connectivity index (χ0) is 20.4. The summed E-state index contributed by atoms with van der Waals surface area (Å²) in [4.78, 5) is 20.6. The second-order valence-electron chi connectivity index (χ2n) is 6.29. The van der Waals surface area contributed by atoms with Gasteiger partial charge in [0.15, 0.2) is 17.5 Å². The summed E-state index contributed by atoms with van der Waals surface area (Å²) in [6.07, 6.45) is 0. The molecule has 8 heteroatoms. The van der Waals surface area contributed by atoms with Crippen molar-refractivity contribution in [2.45, 2.75) is 20.8 Å². The number of nitrogens with zero attached hydrogens (tertiary/aromatic N) is 2. The van der Waals surface area contributed by atoms with Gasteiger partial charge in [0.1, 0.15) is 17.3 Å². The van der Waals surface area contributed by atoms with Gasteiger partial charge in [0.25, 0.3) is 5.91 Å². The van der Waals surface area contributed by atoms with Crippen molar-refractivity contribution in [3.05, 3.63) is 76.5 Å². The molecule has 0 saturated heterocycles. The van der Waals surface area contributed by atoms with Crippen LogP contribution in [0.4, 0.5) is 30.4 Å². The van der Waals surface area contributed by atoms with Gasteiger partial charge in [0, 0.05) is 11.8 Å². The molecule has 0 bridgehead atoms. The van der Waals surface area contributed by atoms with Crippen LogP contribution in [0.25, 0.3) is 0 Å². The number of rotatable bonds is 4. The molecule has 1 heterocycles. The van der Waals surface area contributed by atoms with Gasteiger partial charge in [0.2, 0.25) is 0 Å². The van der Waals surface area contributed by atoms with Crippen LogP contribution >= 0.6 is 0 Å². The third-order valence-electron chi connectivity index (χ3n) is 4.13. The SMILES string of the molecule is Cc1nc(Nc2ccc(F)c(F)c2F)cc(C(=O)Nc2ccc(C)c(C)c2)n1. The molecule has 0 aliphatic rings. The highest BCUT2D eigenvalue weighted by molar-refractivity contribution is 6.03. The Morgan fingerprint density at radius 3 is 2.36 bits per heavy atom. The molecule has 2 N–H and O–H groups in total. The Bertz CT molecular complexity index is 1070. The van der Waals surface area contributed by atoms with E-state index in [1.807, 2.05) is 26.0 Å². The van der Waals surface area contributed by atoms with Crippen LogP contribution in [-0.2, 0) is 0 Å². The molecule has 0 atom stereocenters. The van der Waals surface area contributed by atoms with Gasteiger partial charge in [-0.15, -0.1) is 0 Å². The fraction of sp³-hybridized carbons (Fsp3) is 0.150. The minimum absolute atomic E-state index is 0.0382. The summed E-state index contributed by atoms with van der Waals surface area (Å²) >= 11 is 0. The first-order valence-corrected chi connectivity index (χ1v) is 8.39. The van der Waals surface area contributed by atoms with Crippen molar-refractivity contribution in [2.24, 2.45) is 0 Å². The first-order valence-electron chi connectivity index (χ1n) is 8.39. The number of anilines is 3. The molecule has 3 aromatic rings. The van der Waals surface area contributed by atoms with Crippen LogP contribution in [0.5, 0.6) is 0 Å². The van der Waals surface area contributed by atoms with Crippen molar-refractivity contribution in [3.8, 4) is 0 Å². The normalized spacial score (nSPS) is 10.6. The van der Waals surface area contributed by atoms with Crippen LogP contribution in [0.15, 0.2) is 36.4 Å². The summed E-state index contributed by atoms with van der Waals surface area (Å²) in [7, 11) is 0. The van der Waals surface area contributed by atoms with E-state index >= 15 is 0 Å². The van der Waals surface area contributed by atoms with Crippen molar-refractivity contribution < 1.29 is 18.0 Å². The summed E-state index contributed by atoms with van der Waals surface area (Å²) in [5, 5.41) is 5.28. The van der Waals surface area contributed by atoms with Gasteiger partial charge in [0.05, 0.1) is 5.69 Å². The lowest BCUT2D eigenvalue weighted by molar-refractivity contribution is 0.102. The van der Waals surface area contributed by atoms with Crippen molar-refractivity contribution in [3.63, 3.8) is 0 Å². The Kier molecular flexibility index (Phi) is 5.30. The monoisotopic (exact) mass is 386 g/mol. The third-order valence-corrected chi connectivity index (χ3v) is 4.13. The number of carbonyl (C=O) groups is 1. The highest BCUT2D eigenvalue weighted by Crippen LogP contribution is 2.23. The Hall–Kier alpha value is -3.42. The molecular weight excluding hydrogens is 369 g/mol. The molecule has 0 radical (unpaired) electrons. The predicted molar refractivity (Wildman–Crippen MR) is 100 cm³/mol. The second-order valence-corrected chi connectivity index (χ2v) is 6.29. The Labute approximate surface area is 159 Å². The smallest absolute Gasteiger partial charge is 0.274 e. The topological polar surface area (TPSA) is 66.9 Å². The van der Waals surface area contributed by atoms with Crippen LogP contribution in [0.3, 0.4) is 0 Å². The number of carbonyl (C=O) groups excluding carboxylic acids is 1. The number of benzene rings is 2. The maximum atomic E-state index is 13.9. The molecule has 0 unspecified atom stereocenters. The molecule has 144 valence electrons. The zero-order valence-electron chi connectivity index (χ0n) is 15.4. The molecule has 0 aliphatic carbocycles. The van der Waals surface area contributed by atoms with Gasteiger partial charge in [-0.3, -0.25) is 4.79 Å². The molecule has 5 nitrogen and oxygen atoms in total. The minimum Gasteiger partial charge on any atom is -0.338 e. The number of amides is 1. The summed E-state index contributed by atoms with van der Waals surface area (Å²) < 4.78 is 40.3. The van der Waals surface area contributed by atoms with Crippen molar-refractivity contribution in [1.82, 2.24) is 9.97 Å². The molecule has 1 amide bonds. The largest absolute Gasteiger partial charge is 0.338 e. The van der Waals surface area contributed by atoms with Gasteiger partial charge in [-0.05, 0) is 56.2 Å². The number of nitrogens with one attached hydrogen (secondary N) is 2. The molecule has 28 heavy (non-hydrogen) atoms. The highest BCUT2D eigenvalue weighted by Gasteiger charge is 2.16. The molecule has 0 fully saturated rings. The third kappa shape index (κ3) is 4.11. The maximum absolute atomic E-state index is 13.9. The standard InChI is InChI=1S/C20H17F3N4O/c1-10-4-5-13(8-11(10)2)26-20(28)16-9-17(25-12(3)24-16)27-15-7-6-14(21)18(22)19(15)23/h4-9H,1-3H3,(H,26,28)(H,24,25,27). The first-order chi connectivity index (χ1) is 13.2. The van der Waals surface area contributed by atoms with Gasteiger partial charge in [-0.25, -0.2) is 23.1 Å². The molecule has 2 aromatic carbocycles. The van der Waals surface area contributed by atoms with Crippen LogP contribution in [0.1, 0.15) is 27.4 Å². The quantitative estimate of drug-likeness (QED) is 0.631. The number of aryl methyl sites for hydroxylation is 3. The molecule has 0 aliphatic heterocycles. The summed E-state index contributed by atoms with van der Waals surface area (Å²) in [5.74, 6) is -4.43. The van der Waals surface area contributed by atoms with Crippen LogP contribution < -0.4 is 10.6 Å². The van der Waals surface area contributed by atoms with Gasteiger partial charge in [-0.2, -0.15) is 0 Å². The van der Waals surface area contributed by atoms with E-state index < -0.39 is 23.4 Å². The van der Waals surface area contributed by atoms with Crippen LogP contribution in [0, 0.1) is 38.2 Å². The van der Waals surface area contributed by atoms with E-state index in [1.165, 1.54) is 6.07 Å². The Balaban J connectivity index is 1.85. The van der Waals surface area contributed by atoms with Gasteiger partial charge in [-0.1, -0.05) is 6.07 Å². The van der Waals surface area contributed by atoms with E-state index in [9.17, 15) is 18.0 Å². The molecule has 0 spiro atoms. The van der Waals surface area contributed by atoms with Crippen molar-refractivity contribution in [2.75, 3.05) is 10.6 Å². The average molecular weight is 386 g/mol. The molecular formula is C20H17F3N4O. The number of hydrogen-bond donors (Lipinski definition) is 2. The maximum Gasteiger partial charge on any atom is 0.274 e. The highest BCUT2D eigenvalue weighted by atomic mass is 19.2. The molecule has 1 aromatic heterocycles. The van der Waals surface area contributed by atoms with Crippen LogP contribution in [0.2, 0.25) is 0 Å². The van der Waals surface area contributed by atoms with E-state index in [0.29, 0.717) is 5.69 Å². The lowest BCUT2D eigenvalue weighted by Crippen LogP contribution is -2.15. The van der Waals surface area contributed by atoms with E-state index in [1.54, 1.807) is 13.0 Å². The predicted octanol–water partition coefficient (Wildman–Crippen LogP) is 4.82. The first kappa shape index (κ1) is 19.3. The zero-order valence-corrected chi connectivity index (χ0v) is 15.4. The minimum atomic E-state index is -1.59. The van der Waals surface area contributed by atoms with E-state index in [4.69, 9.17) is 0 Å². The summed E-state index contributed by atoms with van der Waals surface area (Å²) in [5.41, 5.74) is 2.45. The lowest BCUT2D eigenvalue weighted by Gasteiger charge is -2.11. The fourth-order valence-electron chi connectivity index (χ4n) is 2.52. The Morgan fingerprint density at radius 2 is 1.64 bits per heavy atom. The summed E-state index contributed by atoms with van der Waals surface area (Å²) in [6.45, 7) is 5.45. The molecule has 0 saturated carbocycles.